The van der Waals surface area contributed by atoms with Crippen molar-refractivity contribution in [2.75, 3.05) is 38.2 Å². The lowest BCUT2D eigenvalue weighted by atomic mass is 10.0. The van der Waals surface area contributed by atoms with Crippen molar-refractivity contribution >= 4 is 9.84 Å². The minimum absolute atomic E-state index is 0.255. The zero-order valence-corrected chi connectivity index (χ0v) is 12.2. The zero-order valence-electron chi connectivity index (χ0n) is 11.4. The molecular formula is C14H22N2O2S. The lowest BCUT2D eigenvalue weighted by Crippen LogP contribution is -2.52. The normalized spacial score (nSPS) is 21.4. The van der Waals surface area contributed by atoms with Gasteiger partial charge in [-0.25, -0.2) is 8.42 Å². The number of hydrogen-bond donors (Lipinski definition) is 1. The molecule has 1 heterocycles. The van der Waals surface area contributed by atoms with E-state index in [2.05, 4.69) is 34.5 Å². The summed E-state index contributed by atoms with van der Waals surface area (Å²) in [4.78, 5) is 2.24. The van der Waals surface area contributed by atoms with Crippen LogP contribution in [0.2, 0.25) is 0 Å². The van der Waals surface area contributed by atoms with Crippen LogP contribution >= 0.6 is 0 Å². The van der Waals surface area contributed by atoms with Gasteiger partial charge in [-0.2, -0.15) is 0 Å². The van der Waals surface area contributed by atoms with Crippen LogP contribution in [0.25, 0.3) is 0 Å². The fourth-order valence-electron chi connectivity index (χ4n) is 2.43. The third-order valence-electron chi connectivity index (χ3n) is 3.44. The van der Waals surface area contributed by atoms with Crippen molar-refractivity contribution in [3.05, 3.63) is 35.9 Å². The van der Waals surface area contributed by atoms with Gasteiger partial charge in [0.05, 0.1) is 5.75 Å². The molecule has 5 heteroatoms. The van der Waals surface area contributed by atoms with Gasteiger partial charge in [0.1, 0.15) is 9.84 Å². The molecular weight excluding hydrogens is 260 g/mol. The Kier molecular flexibility index (Phi) is 4.96. The molecule has 1 N–H and O–H groups in total. The van der Waals surface area contributed by atoms with Crippen LogP contribution in [-0.2, 0) is 16.3 Å². The summed E-state index contributed by atoms with van der Waals surface area (Å²) in [7, 11) is -2.86. The van der Waals surface area contributed by atoms with Gasteiger partial charge in [0.15, 0.2) is 0 Å². The number of piperazine rings is 1. The predicted octanol–water partition coefficient (Wildman–Crippen LogP) is 0.548. The number of benzene rings is 1. The Balaban J connectivity index is 1.84. The van der Waals surface area contributed by atoms with Gasteiger partial charge in [0.2, 0.25) is 0 Å². The summed E-state index contributed by atoms with van der Waals surface area (Å²) < 4.78 is 22.4. The van der Waals surface area contributed by atoms with Gasteiger partial charge in [-0.15, -0.1) is 0 Å². The Morgan fingerprint density at radius 3 is 2.74 bits per heavy atom. The molecule has 1 aromatic rings. The van der Waals surface area contributed by atoms with Crippen molar-refractivity contribution in [3.8, 4) is 0 Å². The summed E-state index contributed by atoms with van der Waals surface area (Å²) >= 11 is 0. The van der Waals surface area contributed by atoms with Crippen LogP contribution in [0.1, 0.15) is 5.56 Å². The second-order valence-electron chi connectivity index (χ2n) is 5.27. The fourth-order valence-corrected chi connectivity index (χ4v) is 3.02. The first kappa shape index (κ1) is 14.5. The fraction of sp³-hybridized carbons (Fsp3) is 0.571. The largest absolute Gasteiger partial charge is 0.311 e. The van der Waals surface area contributed by atoms with Crippen molar-refractivity contribution in [1.82, 2.24) is 10.2 Å². The molecule has 19 heavy (non-hydrogen) atoms. The summed E-state index contributed by atoms with van der Waals surface area (Å²) in [5.74, 6) is 0.255. The topological polar surface area (TPSA) is 49.4 Å². The maximum Gasteiger partial charge on any atom is 0.148 e. The summed E-state index contributed by atoms with van der Waals surface area (Å²) in [6.07, 6.45) is 2.30. The third-order valence-corrected chi connectivity index (χ3v) is 4.37. The second kappa shape index (κ2) is 6.50. The van der Waals surface area contributed by atoms with E-state index in [1.54, 1.807) is 0 Å². The van der Waals surface area contributed by atoms with Crippen molar-refractivity contribution in [2.24, 2.45) is 0 Å². The highest BCUT2D eigenvalue weighted by Crippen LogP contribution is 2.07. The Morgan fingerprint density at radius 1 is 1.32 bits per heavy atom. The molecule has 1 aliphatic heterocycles. The highest BCUT2D eigenvalue weighted by Gasteiger charge is 2.20. The molecule has 0 radical (unpaired) electrons. The minimum atomic E-state index is -2.86. The van der Waals surface area contributed by atoms with Gasteiger partial charge in [-0.3, -0.25) is 4.90 Å². The quantitative estimate of drug-likeness (QED) is 0.857. The van der Waals surface area contributed by atoms with E-state index in [0.717, 1.165) is 26.1 Å². The number of rotatable bonds is 5. The van der Waals surface area contributed by atoms with Crippen molar-refractivity contribution in [3.63, 3.8) is 0 Å². The molecule has 106 valence electrons. The van der Waals surface area contributed by atoms with Crippen LogP contribution in [0.15, 0.2) is 30.3 Å². The molecule has 4 nitrogen and oxygen atoms in total. The monoisotopic (exact) mass is 282 g/mol. The standard InChI is InChI=1S/C14H22N2O2S/c1-19(17,18)10-9-16-8-7-15-14(12-16)11-13-5-3-2-4-6-13/h2-6,14-15H,7-12H2,1H3. The van der Waals surface area contributed by atoms with Crippen LogP contribution in [0.4, 0.5) is 0 Å². The SMILES string of the molecule is CS(=O)(=O)CCN1CCNC(Cc2ccccc2)C1. The molecule has 1 fully saturated rings. The van der Waals surface area contributed by atoms with Crippen LogP contribution in [0, 0.1) is 0 Å². The van der Waals surface area contributed by atoms with Crippen LogP contribution in [-0.4, -0.2) is 57.5 Å². The van der Waals surface area contributed by atoms with Gasteiger partial charge in [0.25, 0.3) is 0 Å². The van der Waals surface area contributed by atoms with Crippen LogP contribution < -0.4 is 5.32 Å². The van der Waals surface area contributed by atoms with Gasteiger partial charge >= 0.3 is 0 Å². The second-order valence-corrected chi connectivity index (χ2v) is 7.53. The van der Waals surface area contributed by atoms with Gasteiger partial charge < -0.3 is 5.32 Å². The third kappa shape index (κ3) is 5.30. The molecule has 0 aliphatic carbocycles. The van der Waals surface area contributed by atoms with Crippen molar-refractivity contribution in [1.29, 1.82) is 0 Å². The first-order chi connectivity index (χ1) is 9.03. The van der Waals surface area contributed by atoms with Gasteiger partial charge in [-0.1, -0.05) is 30.3 Å². The highest BCUT2D eigenvalue weighted by atomic mass is 32.2. The average molecular weight is 282 g/mol. The number of nitrogens with one attached hydrogen (secondary N) is 1. The lowest BCUT2D eigenvalue weighted by molar-refractivity contribution is 0.209. The number of sulfone groups is 1. The zero-order chi connectivity index (χ0) is 13.7. The van der Waals surface area contributed by atoms with E-state index in [1.165, 1.54) is 11.8 Å². The Morgan fingerprint density at radius 2 is 2.05 bits per heavy atom. The van der Waals surface area contributed by atoms with Crippen molar-refractivity contribution < 1.29 is 8.42 Å². The average Bonchev–Trinajstić information content (AvgIpc) is 2.37. The summed E-state index contributed by atoms with van der Waals surface area (Å²) in [5.41, 5.74) is 1.32. The van der Waals surface area contributed by atoms with Crippen molar-refractivity contribution in [2.45, 2.75) is 12.5 Å². The van der Waals surface area contributed by atoms with E-state index in [4.69, 9.17) is 0 Å². The number of nitrogens with zero attached hydrogens (tertiary/aromatic N) is 1. The summed E-state index contributed by atoms with van der Waals surface area (Å²) in [6, 6.07) is 10.8. The first-order valence-electron chi connectivity index (χ1n) is 6.70. The van der Waals surface area contributed by atoms with E-state index in [-0.39, 0.29) is 5.75 Å². The Hall–Kier alpha value is -0.910. The van der Waals surface area contributed by atoms with E-state index < -0.39 is 9.84 Å². The number of hydrogen-bond acceptors (Lipinski definition) is 4. The van der Waals surface area contributed by atoms with E-state index in [9.17, 15) is 8.42 Å². The molecule has 1 atom stereocenters. The van der Waals surface area contributed by atoms with Crippen LogP contribution in [0.3, 0.4) is 0 Å². The van der Waals surface area contributed by atoms with Crippen LogP contribution in [0.5, 0.6) is 0 Å². The van der Waals surface area contributed by atoms with E-state index >= 15 is 0 Å². The molecule has 1 aliphatic rings. The summed E-state index contributed by atoms with van der Waals surface area (Å²) in [6.45, 7) is 3.43. The highest BCUT2D eigenvalue weighted by molar-refractivity contribution is 7.90. The van der Waals surface area contributed by atoms with Gasteiger partial charge in [-0.05, 0) is 12.0 Å². The smallest absolute Gasteiger partial charge is 0.148 e. The summed E-state index contributed by atoms with van der Waals surface area (Å²) in [5, 5.41) is 3.50. The molecule has 1 unspecified atom stereocenters. The molecule has 0 saturated carbocycles. The molecule has 0 bridgehead atoms. The molecule has 1 saturated heterocycles. The van der Waals surface area contributed by atoms with E-state index in [1.807, 2.05) is 6.07 Å². The minimum Gasteiger partial charge on any atom is -0.311 e. The van der Waals surface area contributed by atoms with E-state index in [0.29, 0.717) is 12.6 Å². The Labute approximate surface area is 115 Å². The maximum atomic E-state index is 11.2. The van der Waals surface area contributed by atoms with Gasteiger partial charge in [0, 0.05) is 38.5 Å². The molecule has 0 spiro atoms. The Bertz CT molecular complexity index is 487. The maximum absolute atomic E-state index is 11.2. The predicted molar refractivity (Wildman–Crippen MR) is 78.1 cm³/mol. The molecule has 1 aromatic carbocycles. The molecule has 2 rings (SSSR count). The lowest BCUT2D eigenvalue weighted by Gasteiger charge is -2.33. The molecule has 0 aromatic heterocycles. The molecule has 0 amide bonds. The first-order valence-corrected chi connectivity index (χ1v) is 8.76.